The molecule has 0 aliphatic heterocycles. The molecule has 0 bridgehead atoms. The van der Waals surface area contributed by atoms with Crippen molar-refractivity contribution < 1.29 is 19.4 Å². The lowest BCUT2D eigenvalue weighted by molar-refractivity contribution is 0.104. The Morgan fingerprint density at radius 3 is 2.59 bits per heavy atom. The number of aromatic hydroxyl groups is 1. The molecule has 0 radical (unpaired) electrons. The second-order valence-corrected chi connectivity index (χ2v) is 7.47. The van der Waals surface area contributed by atoms with Crippen molar-refractivity contribution in [2.75, 3.05) is 7.11 Å². The monoisotopic (exact) mass is 435 g/mol. The zero-order valence-electron chi connectivity index (χ0n) is 18.5. The van der Waals surface area contributed by atoms with E-state index in [0.717, 1.165) is 24.3 Å². The SMILES string of the molecule is CCCCCCn1cc(COc2ccc(C(=O)/C=C/c3ccc(OC)cc3)c(O)c2)nn1. The van der Waals surface area contributed by atoms with Crippen LogP contribution in [-0.4, -0.2) is 33.0 Å². The van der Waals surface area contributed by atoms with Crippen LogP contribution in [0.3, 0.4) is 0 Å². The number of unbranched alkanes of at least 4 members (excludes halogenated alkanes) is 3. The molecule has 0 aliphatic rings. The second-order valence-electron chi connectivity index (χ2n) is 7.47. The van der Waals surface area contributed by atoms with Gasteiger partial charge < -0.3 is 14.6 Å². The Hall–Kier alpha value is -3.61. The van der Waals surface area contributed by atoms with Gasteiger partial charge in [-0.1, -0.05) is 49.6 Å². The Kier molecular flexibility index (Phi) is 8.43. The summed E-state index contributed by atoms with van der Waals surface area (Å²) in [6, 6.07) is 12.0. The molecule has 0 atom stereocenters. The van der Waals surface area contributed by atoms with Crippen LogP contribution in [0, 0.1) is 0 Å². The van der Waals surface area contributed by atoms with E-state index in [1.54, 1.807) is 25.3 Å². The predicted octanol–water partition coefficient (Wildman–Crippen LogP) is 5.05. The Labute approximate surface area is 188 Å². The molecule has 0 saturated carbocycles. The number of benzene rings is 2. The van der Waals surface area contributed by atoms with E-state index < -0.39 is 0 Å². The number of aromatic nitrogens is 3. The van der Waals surface area contributed by atoms with Crippen molar-refractivity contribution >= 4 is 11.9 Å². The molecule has 32 heavy (non-hydrogen) atoms. The molecular weight excluding hydrogens is 406 g/mol. The number of nitrogens with zero attached hydrogens (tertiary/aromatic N) is 3. The van der Waals surface area contributed by atoms with Crippen LogP contribution in [0.25, 0.3) is 6.08 Å². The quantitative estimate of drug-likeness (QED) is 0.243. The minimum Gasteiger partial charge on any atom is -0.507 e. The summed E-state index contributed by atoms with van der Waals surface area (Å²) in [4.78, 5) is 12.4. The average molecular weight is 436 g/mol. The molecule has 3 aromatic rings. The van der Waals surface area contributed by atoms with E-state index in [0.29, 0.717) is 11.4 Å². The fraction of sp³-hybridized carbons (Fsp3) is 0.320. The highest BCUT2D eigenvalue weighted by Gasteiger charge is 2.10. The molecule has 2 aromatic carbocycles. The van der Waals surface area contributed by atoms with Gasteiger partial charge in [-0.3, -0.25) is 9.48 Å². The molecular formula is C25H29N3O4. The molecule has 0 fully saturated rings. The van der Waals surface area contributed by atoms with Gasteiger partial charge >= 0.3 is 0 Å². The molecule has 1 heterocycles. The summed E-state index contributed by atoms with van der Waals surface area (Å²) in [7, 11) is 1.60. The summed E-state index contributed by atoms with van der Waals surface area (Å²) in [5, 5.41) is 18.5. The summed E-state index contributed by atoms with van der Waals surface area (Å²) >= 11 is 0. The van der Waals surface area contributed by atoms with Gasteiger partial charge in [0.05, 0.1) is 18.9 Å². The minimum atomic E-state index is -0.295. The van der Waals surface area contributed by atoms with Gasteiger partial charge in [0.1, 0.15) is 29.5 Å². The van der Waals surface area contributed by atoms with Gasteiger partial charge in [-0.2, -0.15) is 0 Å². The number of carbonyl (C=O) groups is 1. The van der Waals surface area contributed by atoms with Gasteiger partial charge in [0.2, 0.25) is 0 Å². The number of phenolic OH excluding ortho intramolecular Hbond substituents is 1. The molecule has 0 amide bonds. The van der Waals surface area contributed by atoms with Gasteiger partial charge in [0.15, 0.2) is 5.78 Å². The fourth-order valence-electron chi connectivity index (χ4n) is 3.16. The molecule has 7 nitrogen and oxygen atoms in total. The lowest BCUT2D eigenvalue weighted by Gasteiger charge is -2.07. The van der Waals surface area contributed by atoms with Crippen LogP contribution in [0.1, 0.15) is 54.2 Å². The largest absolute Gasteiger partial charge is 0.507 e. The first-order valence-corrected chi connectivity index (χ1v) is 10.8. The Morgan fingerprint density at radius 2 is 1.88 bits per heavy atom. The number of phenols is 1. The van der Waals surface area contributed by atoms with Crippen LogP contribution in [0.15, 0.2) is 54.7 Å². The lowest BCUT2D eigenvalue weighted by atomic mass is 10.1. The van der Waals surface area contributed by atoms with E-state index >= 15 is 0 Å². The van der Waals surface area contributed by atoms with Crippen LogP contribution in [0.4, 0.5) is 0 Å². The third kappa shape index (κ3) is 6.70. The molecule has 168 valence electrons. The van der Waals surface area contributed by atoms with E-state index in [4.69, 9.17) is 9.47 Å². The molecule has 1 aromatic heterocycles. The van der Waals surface area contributed by atoms with Crippen LogP contribution >= 0.6 is 0 Å². The van der Waals surface area contributed by atoms with Gasteiger partial charge in [0.25, 0.3) is 0 Å². The Bertz CT molecular complexity index is 1040. The van der Waals surface area contributed by atoms with Crippen LogP contribution in [0.2, 0.25) is 0 Å². The number of ketones is 1. The van der Waals surface area contributed by atoms with E-state index in [1.807, 2.05) is 35.1 Å². The highest BCUT2D eigenvalue weighted by Crippen LogP contribution is 2.25. The van der Waals surface area contributed by atoms with E-state index in [1.165, 1.54) is 31.4 Å². The lowest BCUT2D eigenvalue weighted by Crippen LogP contribution is -1.99. The van der Waals surface area contributed by atoms with Gasteiger partial charge in [-0.15, -0.1) is 5.10 Å². The maximum absolute atomic E-state index is 12.4. The maximum Gasteiger partial charge on any atom is 0.189 e. The minimum absolute atomic E-state index is 0.133. The number of rotatable bonds is 12. The van der Waals surface area contributed by atoms with Crippen molar-refractivity contribution in [1.82, 2.24) is 15.0 Å². The van der Waals surface area contributed by atoms with Crippen LogP contribution < -0.4 is 9.47 Å². The smallest absolute Gasteiger partial charge is 0.189 e. The highest BCUT2D eigenvalue weighted by atomic mass is 16.5. The first-order chi connectivity index (χ1) is 15.6. The van der Waals surface area contributed by atoms with E-state index in [9.17, 15) is 9.90 Å². The number of allylic oxidation sites excluding steroid dienone is 1. The summed E-state index contributed by atoms with van der Waals surface area (Å²) in [5.41, 5.74) is 1.78. The number of ether oxygens (including phenoxy) is 2. The van der Waals surface area contributed by atoms with Gasteiger partial charge in [-0.25, -0.2) is 0 Å². The van der Waals surface area contributed by atoms with Crippen molar-refractivity contribution in [3.05, 3.63) is 71.6 Å². The number of hydrogen-bond donors (Lipinski definition) is 1. The van der Waals surface area contributed by atoms with E-state index in [2.05, 4.69) is 17.2 Å². The zero-order valence-corrected chi connectivity index (χ0v) is 18.5. The molecule has 3 rings (SSSR count). The average Bonchev–Trinajstić information content (AvgIpc) is 3.27. The summed E-state index contributed by atoms with van der Waals surface area (Å²) in [5.74, 6) is 0.772. The molecule has 0 spiro atoms. The highest BCUT2D eigenvalue weighted by molar-refractivity contribution is 6.08. The first kappa shape index (κ1) is 23.1. The molecule has 0 unspecified atom stereocenters. The number of hydrogen-bond acceptors (Lipinski definition) is 6. The summed E-state index contributed by atoms with van der Waals surface area (Å²) in [6.45, 7) is 3.26. The van der Waals surface area contributed by atoms with Crippen molar-refractivity contribution in [3.63, 3.8) is 0 Å². The number of carbonyl (C=O) groups excluding carboxylic acids is 1. The number of methoxy groups -OCH3 is 1. The zero-order chi connectivity index (χ0) is 22.8. The van der Waals surface area contributed by atoms with E-state index in [-0.39, 0.29) is 23.7 Å². The van der Waals surface area contributed by atoms with Crippen molar-refractivity contribution in [2.45, 2.75) is 45.8 Å². The summed E-state index contributed by atoms with van der Waals surface area (Å²) in [6.07, 6.45) is 9.67. The maximum atomic E-state index is 12.4. The third-order valence-electron chi connectivity index (χ3n) is 4.99. The molecule has 0 saturated heterocycles. The van der Waals surface area contributed by atoms with Gasteiger partial charge in [0, 0.05) is 12.6 Å². The van der Waals surface area contributed by atoms with Crippen molar-refractivity contribution in [3.8, 4) is 17.2 Å². The first-order valence-electron chi connectivity index (χ1n) is 10.8. The standard InChI is InChI=1S/C25H29N3O4/c1-3-4-5-6-15-28-17-20(26-27-28)18-32-22-12-13-23(25(30)16-22)24(29)14-9-19-7-10-21(31-2)11-8-19/h7-14,16-17,30H,3-6,15,18H2,1-2H3/b14-9+. The predicted molar refractivity (Wildman–Crippen MR) is 123 cm³/mol. The van der Waals surface area contributed by atoms with Crippen LogP contribution in [-0.2, 0) is 13.2 Å². The third-order valence-corrected chi connectivity index (χ3v) is 4.99. The fourth-order valence-corrected chi connectivity index (χ4v) is 3.16. The molecule has 7 heteroatoms. The summed E-state index contributed by atoms with van der Waals surface area (Å²) < 4.78 is 12.6. The van der Waals surface area contributed by atoms with Crippen LogP contribution in [0.5, 0.6) is 17.2 Å². The van der Waals surface area contributed by atoms with Crippen molar-refractivity contribution in [2.24, 2.45) is 0 Å². The van der Waals surface area contributed by atoms with Crippen molar-refractivity contribution in [1.29, 1.82) is 0 Å². The molecule has 1 N–H and O–H groups in total. The van der Waals surface area contributed by atoms with Gasteiger partial charge in [-0.05, 0) is 42.3 Å². The topological polar surface area (TPSA) is 86.5 Å². The second kappa shape index (κ2) is 11.7. The molecule has 0 aliphatic carbocycles. The number of aryl methyl sites for hydroxylation is 1. The normalized spacial score (nSPS) is 11.1. The Morgan fingerprint density at radius 1 is 1.09 bits per heavy atom. The Balaban J connectivity index is 1.53.